The van der Waals surface area contributed by atoms with Crippen molar-refractivity contribution in [1.29, 1.82) is 0 Å². The molecule has 0 atom stereocenters. The minimum atomic E-state index is -0.0490. The van der Waals surface area contributed by atoms with Gasteiger partial charge in [0.15, 0.2) is 22.5 Å². The summed E-state index contributed by atoms with van der Waals surface area (Å²) in [6, 6.07) is 13.8. The Morgan fingerprint density at radius 2 is 1.94 bits per heavy atom. The fourth-order valence-electron chi connectivity index (χ4n) is 3.50. The van der Waals surface area contributed by atoms with Crippen LogP contribution in [-0.2, 0) is 18.3 Å². The highest BCUT2D eigenvalue weighted by Crippen LogP contribution is 2.29. The highest BCUT2D eigenvalue weighted by molar-refractivity contribution is 7.99. The first-order chi connectivity index (χ1) is 15.6. The lowest BCUT2D eigenvalue weighted by molar-refractivity contribution is -0.118. The zero-order valence-corrected chi connectivity index (χ0v) is 19.0. The Labute approximate surface area is 190 Å². The number of benzene rings is 2. The van der Waals surface area contributed by atoms with E-state index in [0.29, 0.717) is 29.6 Å². The standard InChI is InChI=1S/C23H25N5O3S/c1-28-22(17-13-25-18-7-5-4-6-16(17)18)26-27-23(28)32-14-21(29)24-11-10-15-8-9-19(30-2)20(12-15)31-3/h4-9,12-13,25H,10-11,14H2,1-3H3,(H,24,29). The van der Waals surface area contributed by atoms with Gasteiger partial charge < -0.3 is 24.3 Å². The molecule has 0 aliphatic rings. The molecular weight excluding hydrogens is 426 g/mol. The quantitative estimate of drug-likeness (QED) is 0.379. The van der Waals surface area contributed by atoms with Gasteiger partial charge in [-0.05, 0) is 30.2 Å². The average molecular weight is 452 g/mol. The van der Waals surface area contributed by atoms with Crippen LogP contribution in [0.1, 0.15) is 5.56 Å². The van der Waals surface area contributed by atoms with Gasteiger partial charge in [-0.15, -0.1) is 10.2 Å². The van der Waals surface area contributed by atoms with Crippen molar-refractivity contribution in [1.82, 2.24) is 25.1 Å². The Kier molecular flexibility index (Phi) is 6.65. The van der Waals surface area contributed by atoms with Gasteiger partial charge in [0.2, 0.25) is 5.91 Å². The molecule has 32 heavy (non-hydrogen) atoms. The number of hydrogen-bond acceptors (Lipinski definition) is 6. The summed E-state index contributed by atoms with van der Waals surface area (Å²) in [5.74, 6) is 2.35. The van der Waals surface area contributed by atoms with Crippen molar-refractivity contribution in [3.63, 3.8) is 0 Å². The van der Waals surface area contributed by atoms with Crippen molar-refractivity contribution < 1.29 is 14.3 Å². The number of methoxy groups -OCH3 is 2. The predicted octanol–water partition coefficient (Wildman–Crippen LogP) is 3.43. The molecule has 9 heteroatoms. The van der Waals surface area contributed by atoms with Crippen molar-refractivity contribution in [2.24, 2.45) is 7.05 Å². The zero-order chi connectivity index (χ0) is 22.5. The van der Waals surface area contributed by atoms with Crippen LogP contribution in [0.15, 0.2) is 53.8 Å². The topological polar surface area (TPSA) is 94.1 Å². The molecule has 4 rings (SSSR count). The molecule has 166 valence electrons. The smallest absolute Gasteiger partial charge is 0.230 e. The number of nitrogens with zero attached hydrogens (tertiary/aromatic N) is 3. The first kappa shape index (κ1) is 21.8. The van der Waals surface area contributed by atoms with Gasteiger partial charge in [0.1, 0.15) is 0 Å². The van der Waals surface area contributed by atoms with Gasteiger partial charge in [0, 0.05) is 36.3 Å². The number of carbonyl (C=O) groups excluding carboxylic acids is 1. The zero-order valence-electron chi connectivity index (χ0n) is 18.2. The second kappa shape index (κ2) is 9.78. The van der Waals surface area contributed by atoms with Gasteiger partial charge >= 0.3 is 0 Å². The number of fused-ring (bicyclic) bond motifs is 1. The molecule has 0 aliphatic carbocycles. The Bertz CT molecular complexity index is 1230. The molecule has 0 aliphatic heterocycles. The number of aromatic amines is 1. The molecule has 2 N–H and O–H groups in total. The molecule has 0 spiro atoms. The Morgan fingerprint density at radius 1 is 1.12 bits per heavy atom. The van der Waals surface area contributed by atoms with E-state index in [-0.39, 0.29) is 11.7 Å². The molecule has 0 unspecified atom stereocenters. The fraction of sp³-hybridized carbons (Fsp3) is 0.261. The second-order valence-corrected chi connectivity index (χ2v) is 8.13. The first-order valence-corrected chi connectivity index (χ1v) is 11.2. The van der Waals surface area contributed by atoms with Crippen molar-refractivity contribution in [2.45, 2.75) is 11.6 Å². The lowest BCUT2D eigenvalue weighted by atomic mass is 10.1. The second-order valence-electron chi connectivity index (χ2n) is 7.19. The minimum absolute atomic E-state index is 0.0490. The van der Waals surface area contributed by atoms with Crippen LogP contribution >= 0.6 is 11.8 Å². The lowest BCUT2D eigenvalue weighted by Gasteiger charge is -2.10. The summed E-state index contributed by atoms with van der Waals surface area (Å²) in [6.45, 7) is 0.536. The van der Waals surface area contributed by atoms with E-state index in [1.165, 1.54) is 11.8 Å². The summed E-state index contributed by atoms with van der Waals surface area (Å²) < 4.78 is 12.5. The third-order valence-corrected chi connectivity index (χ3v) is 6.20. The Hall–Kier alpha value is -3.46. The average Bonchev–Trinajstić information content (AvgIpc) is 3.40. The van der Waals surface area contributed by atoms with E-state index in [2.05, 4.69) is 26.6 Å². The minimum Gasteiger partial charge on any atom is -0.493 e. The molecule has 2 aromatic heterocycles. The van der Waals surface area contributed by atoms with Crippen LogP contribution in [0.25, 0.3) is 22.3 Å². The maximum Gasteiger partial charge on any atom is 0.230 e. The highest BCUT2D eigenvalue weighted by atomic mass is 32.2. The maximum absolute atomic E-state index is 12.3. The SMILES string of the molecule is COc1ccc(CCNC(=O)CSc2nnc(-c3c[nH]c4ccccc34)n2C)cc1OC. The normalized spacial score (nSPS) is 11.0. The summed E-state index contributed by atoms with van der Waals surface area (Å²) in [7, 11) is 5.13. The summed E-state index contributed by atoms with van der Waals surface area (Å²) in [5.41, 5.74) is 3.10. The number of amides is 1. The molecule has 8 nitrogen and oxygen atoms in total. The number of ether oxygens (including phenoxy) is 2. The third-order valence-electron chi connectivity index (χ3n) is 5.18. The van der Waals surface area contributed by atoms with E-state index in [9.17, 15) is 4.79 Å². The number of rotatable bonds is 9. The van der Waals surface area contributed by atoms with E-state index in [4.69, 9.17) is 9.47 Å². The molecule has 0 radical (unpaired) electrons. The van der Waals surface area contributed by atoms with Gasteiger partial charge in [0.05, 0.1) is 20.0 Å². The van der Waals surface area contributed by atoms with Crippen LogP contribution in [0.3, 0.4) is 0 Å². The van der Waals surface area contributed by atoms with Gasteiger partial charge in [-0.25, -0.2) is 0 Å². The van der Waals surface area contributed by atoms with Crippen molar-refractivity contribution in [2.75, 3.05) is 26.5 Å². The summed E-state index contributed by atoms with van der Waals surface area (Å²) in [6.07, 6.45) is 2.63. The van der Waals surface area contributed by atoms with Crippen LogP contribution in [0, 0.1) is 0 Å². The van der Waals surface area contributed by atoms with Crippen LogP contribution < -0.4 is 14.8 Å². The summed E-state index contributed by atoms with van der Waals surface area (Å²) >= 11 is 1.37. The molecule has 1 amide bonds. The van der Waals surface area contributed by atoms with Crippen molar-refractivity contribution in [3.8, 4) is 22.9 Å². The third kappa shape index (κ3) is 4.57. The van der Waals surface area contributed by atoms with E-state index >= 15 is 0 Å². The highest BCUT2D eigenvalue weighted by Gasteiger charge is 2.16. The van der Waals surface area contributed by atoms with Crippen LogP contribution in [-0.4, -0.2) is 52.2 Å². The summed E-state index contributed by atoms with van der Waals surface area (Å²) in [5, 5.41) is 13.3. The van der Waals surface area contributed by atoms with E-state index in [1.54, 1.807) is 14.2 Å². The largest absolute Gasteiger partial charge is 0.493 e. The number of hydrogen-bond donors (Lipinski definition) is 2. The number of thioether (sulfide) groups is 1. The number of para-hydroxylation sites is 1. The number of H-pyrrole nitrogens is 1. The Morgan fingerprint density at radius 3 is 2.75 bits per heavy atom. The van der Waals surface area contributed by atoms with Crippen molar-refractivity contribution in [3.05, 3.63) is 54.2 Å². The lowest BCUT2D eigenvalue weighted by Crippen LogP contribution is -2.27. The molecule has 2 aromatic carbocycles. The van der Waals surface area contributed by atoms with Gasteiger partial charge in [-0.3, -0.25) is 4.79 Å². The molecular formula is C23H25N5O3S. The monoisotopic (exact) mass is 451 g/mol. The fourth-order valence-corrected chi connectivity index (χ4v) is 4.24. The molecule has 2 heterocycles. The van der Waals surface area contributed by atoms with E-state index in [1.807, 2.05) is 54.2 Å². The molecule has 0 fully saturated rings. The molecule has 4 aromatic rings. The van der Waals surface area contributed by atoms with Crippen LogP contribution in [0.5, 0.6) is 11.5 Å². The van der Waals surface area contributed by atoms with Crippen molar-refractivity contribution >= 4 is 28.6 Å². The molecule has 0 saturated carbocycles. The number of aromatic nitrogens is 4. The Balaban J connectivity index is 1.31. The molecule has 0 bridgehead atoms. The summed E-state index contributed by atoms with van der Waals surface area (Å²) in [4.78, 5) is 15.6. The van der Waals surface area contributed by atoms with E-state index in [0.717, 1.165) is 27.9 Å². The van der Waals surface area contributed by atoms with Crippen LogP contribution in [0.4, 0.5) is 0 Å². The van der Waals surface area contributed by atoms with Gasteiger partial charge in [0.25, 0.3) is 0 Å². The molecule has 0 saturated heterocycles. The predicted molar refractivity (Wildman–Crippen MR) is 125 cm³/mol. The van der Waals surface area contributed by atoms with Gasteiger partial charge in [-0.1, -0.05) is 36.0 Å². The number of carbonyl (C=O) groups is 1. The van der Waals surface area contributed by atoms with Gasteiger partial charge in [-0.2, -0.15) is 0 Å². The number of nitrogens with one attached hydrogen (secondary N) is 2. The van der Waals surface area contributed by atoms with E-state index < -0.39 is 0 Å². The maximum atomic E-state index is 12.3. The van der Waals surface area contributed by atoms with Crippen LogP contribution in [0.2, 0.25) is 0 Å². The first-order valence-electron chi connectivity index (χ1n) is 10.2.